The van der Waals surface area contributed by atoms with Crippen molar-refractivity contribution in [2.45, 2.75) is 64.7 Å². The van der Waals surface area contributed by atoms with E-state index in [1.807, 2.05) is 0 Å². The lowest BCUT2D eigenvalue weighted by Crippen LogP contribution is -2.34. The van der Waals surface area contributed by atoms with Gasteiger partial charge >= 0.3 is 5.97 Å². The number of nitrogens with zero attached hydrogens (tertiary/aromatic N) is 1. The Labute approximate surface area is 188 Å². The first-order chi connectivity index (χ1) is 15.3. The molecule has 0 bridgehead atoms. The van der Waals surface area contributed by atoms with E-state index in [2.05, 4.69) is 5.32 Å². The Balaban J connectivity index is 1.95. The lowest BCUT2D eigenvalue weighted by molar-refractivity contribution is -0.385. The molecule has 1 amide bonds. The van der Waals surface area contributed by atoms with E-state index < -0.39 is 22.7 Å². The zero-order chi connectivity index (χ0) is 23.3. The van der Waals surface area contributed by atoms with Gasteiger partial charge in [0.05, 0.1) is 23.0 Å². The molecule has 172 valence electrons. The average molecular weight is 442 g/mol. The van der Waals surface area contributed by atoms with Gasteiger partial charge in [0.25, 0.3) is 5.69 Å². The van der Waals surface area contributed by atoms with Crippen LogP contribution in [0.5, 0.6) is 0 Å². The number of allylic oxidation sites excluding steroid dienone is 2. The van der Waals surface area contributed by atoms with E-state index in [0.29, 0.717) is 23.9 Å². The van der Waals surface area contributed by atoms with E-state index in [4.69, 9.17) is 10.5 Å². The fourth-order valence-corrected chi connectivity index (χ4v) is 4.78. The number of nitrogens with one attached hydrogen (secondary N) is 1. The van der Waals surface area contributed by atoms with E-state index in [-0.39, 0.29) is 22.4 Å². The molecule has 32 heavy (non-hydrogen) atoms. The number of carbonyl (C=O) groups excluding carboxylic acids is 2. The zero-order valence-electron chi connectivity index (χ0n) is 18.7. The maximum absolute atomic E-state index is 13.3. The van der Waals surface area contributed by atoms with Crippen molar-refractivity contribution in [2.75, 3.05) is 6.61 Å². The molecule has 0 aromatic heterocycles. The largest absolute Gasteiger partial charge is 0.462 e. The van der Waals surface area contributed by atoms with Crippen LogP contribution in [0, 0.1) is 16.0 Å². The van der Waals surface area contributed by atoms with Gasteiger partial charge in [-0.25, -0.2) is 4.79 Å². The lowest BCUT2D eigenvalue weighted by atomic mass is 9.79. The number of rotatable bonds is 6. The maximum Gasteiger partial charge on any atom is 0.336 e. The Morgan fingerprint density at radius 2 is 1.66 bits per heavy atom. The molecule has 1 heterocycles. The van der Waals surface area contributed by atoms with Crippen LogP contribution in [0.15, 0.2) is 46.8 Å². The number of ether oxygens (including phenoxy) is 1. The van der Waals surface area contributed by atoms with Crippen LogP contribution in [-0.4, -0.2) is 23.4 Å². The fraction of sp³-hybridized carbons (Fsp3) is 0.500. The van der Waals surface area contributed by atoms with E-state index in [0.717, 1.165) is 25.7 Å². The molecule has 3 rings (SSSR count). The summed E-state index contributed by atoms with van der Waals surface area (Å²) in [5, 5.41) is 14.7. The van der Waals surface area contributed by atoms with Crippen molar-refractivity contribution in [3.8, 4) is 0 Å². The Kier molecular flexibility index (Phi) is 7.66. The molecule has 1 aliphatic heterocycles. The van der Waals surface area contributed by atoms with Crippen LogP contribution in [0.25, 0.3) is 0 Å². The van der Waals surface area contributed by atoms with Crippen molar-refractivity contribution in [1.82, 2.24) is 5.32 Å². The minimum absolute atomic E-state index is 0.128. The molecule has 1 atom stereocenters. The van der Waals surface area contributed by atoms with Crippen molar-refractivity contribution >= 4 is 17.6 Å². The molecular formula is C24H31N3O5. The van der Waals surface area contributed by atoms with Gasteiger partial charge in [-0.3, -0.25) is 14.9 Å². The second kappa shape index (κ2) is 10.4. The lowest BCUT2D eigenvalue weighted by Gasteiger charge is -2.30. The van der Waals surface area contributed by atoms with Crippen LogP contribution in [0.3, 0.4) is 0 Å². The first-order valence-corrected chi connectivity index (χ1v) is 11.2. The summed E-state index contributed by atoms with van der Waals surface area (Å²) in [5.74, 6) is -1.99. The first kappa shape index (κ1) is 23.5. The minimum Gasteiger partial charge on any atom is -0.462 e. The third-order valence-electron chi connectivity index (χ3n) is 6.37. The molecular weight excluding hydrogens is 410 g/mol. The third-order valence-corrected chi connectivity index (χ3v) is 6.37. The van der Waals surface area contributed by atoms with E-state index >= 15 is 0 Å². The quantitative estimate of drug-likeness (QED) is 0.387. The number of carbonyl (C=O) groups is 2. The van der Waals surface area contributed by atoms with Crippen LogP contribution >= 0.6 is 0 Å². The fourth-order valence-electron chi connectivity index (χ4n) is 4.78. The molecule has 1 aliphatic carbocycles. The highest BCUT2D eigenvalue weighted by molar-refractivity contribution is 6.01. The van der Waals surface area contributed by atoms with Crippen LogP contribution < -0.4 is 11.1 Å². The molecule has 1 aromatic carbocycles. The van der Waals surface area contributed by atoms with Crippen molar-refractivity contribution in [1.29, 1.82) is 0 Å². The van der Waals surface area contributed by atoms with E-state index in [1.54, 1.807) is 32.0 Å². The Morgan fingerprint density at radius 3 is 2.28 bits per heavy atom. The number of nitrogens with two attached hydrogens (primary N) is 1. The highest BCUT2D eigenvalue weighted by Crippen LogP contribution is 2.42. The molecule has 8 nitrogen and oxygen atoms in total. The van der Waals surface area contributed by atoms with E-state index in [1.165, 1.54) is 25.3 Å². The molecule has 1 saturated carbocycles. The summed E-state index contributed by atoms with van der Waals surface area (Å²) in [6, 6.07) is 6.11. The Hall–Kier alpha value is -3.16. The molecule has 3 N–H and O–H groups in total. The van der Waals surface area contributed by atoms with Gasteiger partial charge in [-0.2, -0.15) is 0 Å². The predicted octanol–water partition coefficient (Wildman–Crippen LogP) is 4.22. The van der Waals surface area contributed by atoms with Gasteiger partial charge in [0.15, 0.2) is 0 Å². The number of para-hydroxylation sites is 1. The molecule has 1 aromatic rings. The highest BCUT2D eigenvalue weighted by atomic mass is 16.6. The van der Waals surface area contributed by atoms with Gasteiger partial charge in [0, 0.05) is 28.6 Å². The molecule has 0 saturated heterocycles. The number of hydrogen-bond acceptors (Lipinski definition) is 6. The van der Waals surface area contributed by atoms with Crippen LogP contribution in [0.2, 0.25) is 0 Å². The van der Waals surface area contributed by atoms with Crippen molar-refractivity contribution in [2.24, 2.45) is 11.7 Å². The molecule has 0 radical (unpaired) electrons. The molecule has 2 aliphatic rings. The third kappa shape index (κ3) is 5.18. The van der Waals surface area contributed by atoms with E-state index in [9.17, 15) is 19.7 Å². The van der Waals surface area contributed by atoms with Gasteiger partial charge in [0.1, 0.15) is 0 Å². The molecule has 1 fully saturated rings. The Morgan fingerprint density at radius 1 is 1.06 bits per heavy atom. The summed E-state index contributed by atoms with van der Waals surface area (Å²) in [5.41, 5.74) is 7.00. The number of hydrogen-bond donors (Lipinski definition) is 2. The van der Waals surface area contributed by atoms with Crippen molar-refractivity contribution in [3.63, 3.8) is 0 Å². The number of amides is 1. The number of nitro groups is 1. The number of dihydropyridines is 1. The average Bonchev–Trinajstić information content (AvgIpc) is 2.71. The van der Waals surface area contributed by atoms with Gasteiger partial charge in [-0.1, -0.05) is 50.3 Å². The van der Waals surface area contributed by atoms with Crippen molar-refractivity contribution < 1.29 is 19.2 Å². The standard InChI is InChI=1S/C24H31N3O5/c1-15-20(23(25)28)22(18-12-8-9-13-19(18)27(30)31)21(16(2)26-15)24(29)32-14-17-10-6-4-3-5-7-11-17/h8-9,12-13,17,22,26H,3-7,10-11,14H2,1-2H3,(H2,25,28). The summed E-state index contributed by atoms with van der Waals surface area (Å²) >= 11 is 0. The SMILES string of the molecule is CC1=C(C(N)=O)C(c2ccccc2[N+](=O)[O-])C(C(=O)OCC2CCCCCCC2)=C(C)N1. The summed E-state index contributed by atoms with van der Waals surface area (Å²) in [6.07, 6.45) is 7.93. The molecule has 1 unspecified atom stereocenters. The summed E-state index contributed by atoms with van der Waals surface area (Å²) in [6.45, 7) is 3.67. The Bertz CT molecular complexity index is 958. The molecule has 0 spiro atoms. The minimum atomic E-state index is -0.972. The summed E-state index contributed by atoms with van der Waals surface area (Å²) in [7, 11) is 0. The van der Waals surface area contributed by atoms with Gasteiger partial charge in [-0.15, -0.1) is 0 Å². The van der Waals surface area contributed by atoms with Crippen LogP contribution in [0.1, 0.15) is 70.3 Å². The van der Waals surface area contributed by atoms with Crippen LogP contribution in [0.4, 0.5) is 5.69 Å². The summed E-state index contributed by atoms with van der Waals surface area (Å²) in [4.78, 5) is 36.8. The second-order valence-corrected chi connectivity index (χ2v) is 8.63. The van der Waals surface area contributed by atoms with Crippen molar-refractivity contribution in [3.05, 3.63) is 62.5 Å². The van der Waals surface area contributed by atoms with Gasteiger partial charge in [-0.05, 0) is 32.6 Å². The van der Waals surface area contributed by atoms with Gasteiger partial charge in [0.2, 0.25) is 5.91 Å². The molecule has 8 heteroatoms. The smallest absolute Gasteiger partial charge is 0.336 e. The number of esters is 1. The number of benzene rings is 1. The van der Waals surface area contributed by atoms with Gasteiger partial charge < -0.3 is 15.8 Å². The first-order valence-electron chi connectivity index (χ1n) is 11.2. The second-order valence-electron chi connectivity index (χ2n) is 8.63. The normalized spacial score (nSPS) is 20.2. The topological polar surface area (TPSA) is 125 Å². The number of primary amides is 1. The monoisotopic (exact) mass is 441 g/mol. The number of nitro benzene ring substituents is 1. The highest BCUT2D eigenvalue weighted by Gasteiger charge is 2.39. The summed E-state index contributed by atoms with van der Waals surface area (Å²) < 4.78 is 5.72. The maximum atomic E-state index is 13.3. The van der Waals surface area contributed by atoms with Crippen LogP contribution in [-0.2, 0) is 14.3 Å². The zero-order valence-corrected chi connectivity index (χ0v) is 18.7. The predicted molar refractivity (Wildman–Crippen MR) is 120 cm³/mol.